The van der Waals surface area contributed by atoms with Crippen molar-refractivity contribution in [3.05, 3.63) is 47.5 Å². The summed E-state index contributed by atoms with van der Waals surface area (Å²) in [5.74, 6) is -0.904. The van der Waals surface area contributed by atoms with E-state index in [-0.39, 0.29) is 35.7 Å². The molecule has 1 fully saturated rings. The van der Waals surface area contributed by atoms with Crippen LogP contribution in [0.5, 0.6) is 23.0 Å². The van der Waals surface area contributed by atoms with Gasteiger partial charge < -0.3 is 45.2 Å². The molecule has 0 unspecified atom stereocenters. The second-order valence-corrected chi connectivity index (χ2v) is 7.08. The summed E-state index contributed by atoms with van der Waals surface area (Å²) in [6.45, 7) is -0.430. The summed E-state index contributed by atoms with van der Waals surface area (Å²) in [6, 6.07) is 8.79. The summed E-state index contributed by atoms with van der Waals surface area (Å²) < 4.78 is 62.2. The van der Waals surface area contributed by atoms with Crippen molar-refractivity contribution in [3.63, 3.8) is 0 Å². The number of aliphatic hydroxyl groups excluding tert-OH is 4. The van der Waals surface area contributed by atoms with Gasteiger partial charge in [-0.3, -0.25) is 4.79 Å². The molecule has 2 aromatic rings. The van der Waals surface area contributed by atoms with E-state index in [1.807, 2.05) is 0 Å². The van der Waals surface area contributed by atoms with Gasteiger partial charge in [0, 0.05) is 18.6 Å². The molecule has 1 heterocycles. The highest BCUT2D eigenvalue weighted by molar-refractivity contribution is 6.01. The number of aryl methyl sites for hydroxylation is 1. The van der Waals surface area contributed by atoms with Gasteiger partial charge in [-0.05, 0) is 24.1 Å². The molecule has 1 aliphatic rings. The number of Topliss-reactive ketones (excluding diaryl/α,β-unsaturated/α-hetero) is 1. The summed E-state index contributed by atoms with van der Waals surface area (Å²) in [6.07, 6.45) is -6.71. The second kappa shape index (κ2) is 9.50. The Hall–Kier alpha value is -2.89. The van der Waals surface area contributed by atoms with Gasteiger partial charge in [-0.1, -0.05) is 12.1 Å². The lowest BCUT2D eigenvalue weighted by Gasteiger charge is -2.39. The van der Waals surface area contributed by atoms with Crippen LogP contribution in [0.4, 0.5) is 0 Å². The number of carbonyl (C=O) groups is 1. The van der Waals surface area contributed by atoms with Gasteiger partial charge in [0.1, 0.15) is 53.0 Å². The molecule has 1 aliphatic heterocycles. The van der Waals surface area contributed by atoms with Crippen LogP contribution >= 0.6 is 0 Å². The Morgan fingerprint density at radius 2 is 1.81 bits per heavy atom. The molecule has 10 heteroatoms. The average Bonchev–Trinajstić information content (AvgIpc) is 2.95. The summed E-state index contributed by atoms with van der Waals surface area (Å²) in [7, 11) is 0. The number of aromatic hydroxyl groups is 3. The molecule has 7 N–H and O–H groups in total. The van der Waals surface area contributed by atoms with Crippen LogP contribution in [0.2, 0.25) is 0 Å². The third-order valence-electron chi connectivity index (χ3n) is 4.88. The minimum absolute atomic E-state index is 0.0682. The van der Waals surface area contributed by atoms with Crippen molar-refractivity contribution < 1.29 is 50.0 Å². The van der Waals surface area contributed by atoms with Crippen molar-refractivity contribution in [2.75, 3.05) is 6.61 Å². The average molecular weight is 443 g/mol. The van der Waals surface area contributed by atoms with Crippen LogP contribution in [-0.4, -0.2) is 88.9 Å². The van der Waals surface area contributed by atoms with Crippen LogP contribution in [0.1, 0.15) is 22.3 Å². The van der Waals surface area contributed by atoms with Crippen LogP contribution in [0.25, 0.3) is 0 Å². The molecule has 2 aromatic carbocycles. The third-order valence-corrected chi connectivity index (χ3v) is 4.88. The maximum Gasteiger partial charge on any atom is 0.293 e. The van der Waals surface area contributed by atoms with E-state index in [4.69, 9.17) is 19.5 Å². The molecule has 31 heavy (non-hydrogen) atoms. The molecule has 0 radical (unpaired) electrons. The number of ketones is 1. The van der Waals surface area contributed by atoms with E-state index in [0.29, 0.717) is 5.75 Å². The minimum Gasteiger partial charge on any atom is -0.508 e. The third kappa shape index (κ3) is 5.06. The first-order valence-corrected chi connectivity index (χ1v) is 9.40. The Morgan fingerprint density at radius 1 is 1.00 bits per heavy atom. The molecule has 10 nitrogen and oxygen atoms in total. The van der Waals surface area contributed by atoms with Crippen molar-refractivity contribution in [1.82, 2.24) is 0 Å². The zero-order valence-electron chi connectivity index (χ0n) is 23.1. The predicted octanol–water partition coefficient (Wildman–Crippen LogP) is -0.202. The van der Waals surface area contributed by atoms with Crippen LogP contribution < -0.4 is 4.74 Å². The minimum atomic E-state index is -1.56. The van der Waals surface area contributed by atoms with Gasteiger partial charge in [0.05, 0.1) is 6.61 Å². The Balaban J connectivity index is 1.93. The number of rotatable bonds is 14. The first-order chi connectivity index (χ1) is 18.4. The van der Waals surface area contributed by atoms with Gasteiger partial charge >= 0.3 is 0 Å². The number of hydrogen-bond donors (Lipinski definition) is 7. The van der Waals surface area contributed by atoms with Crippen molar-refractivity contribution >= 4 is 5.78 Å². The van der Waals surface area contributed by atoms with Gasteiger partial charge in [-0.2, -0.15) is 0 Å². The zero-order chi connectivity index (χ0) is 27.7. The van der Waals surface area contributed by atoms with Gasteiger partial charge in [-0.25, -0.2) is 0 Å². The SMILES string of the molecule is [2H]OC[C@H]1O[C@@H](Oc2cc(O[2H])cc(O[2H])c2C(=O)CCc2ccc(O[2H])cc2)[C@H](O[2H])[C@@H](O[2H])[C@@H]1O[2H]. The number of hydrogen-bond acceptors (Lipinski definition) is 10. The molecule has 168 valence electrons. The summed E-state index contributed by atoms with van der Waals surface area (Å²) in [5, 5.41) is 31.6. The fourth-order valence-corrected chi connectivity index (χ4v) is 3.21. The first kappa shape index (κ1) is 15.0. The molecule has 0 spiro atoms. The van der Waals surface area contributed by atoms with Crippen LogP contribution in [-0.2, 0) is 11.2 Å². The Labute approximate surface area is 187 Å². The highest BCUT2D eigenvalue weighted by Gasteiger charge is 2.45. The summed E-state index contributed by atoms with van der Waals surface area (Å²) in [4.78, 5) is 13.3. The standard InChI is InChI=1S/C21H24O10/c22-9-16-18(27)19(28)20(29)21(31-16)30-15-8-12(24)7-14(26)17(15)13(25)6-3-10-1-4-11(23)5-2-10/h1-2,4-5,7-8,16,18-24,26-29H,3,6,9H2/t16-,18-,19+,20-,21-/m1/s1/i22D,27D,28D,29D/hD3. The first-order valence-electron chi connectivity index (χ1n) is 12.3. The molecule has 3 rings (SSSR count). The molecule has 0 bridgehead atoms. The normalized spacial score (nSPS) is 28.5. The highest BCUT2D eigenvalue weighted by atomic mass is 16.7. The lowest BCUT2D eigenvalue weighted by Crippen LogP contribution is -2.60. The fourth-order valence-electron chi connectivity index (χ4n) is 3.21. The van der Waals surface area contributed by atoms with Crippen LogP contribution in [0.3, 0.4) is 0 Å². The maximum atomic E-state index is 13.3. The topological polar surface area (TPSA) is 177 Å². The molecule has 0 aliphatic carbocycles. The lowest BCUT2D eigenvalue weighted by atomic mass is 9.99. The van der Waals surface area contributed by atoms with Gasteiger partial charge in [0.2, 0.25) is 12.0 Å². The van der Waals surface area contributed by atoms with E-state index < -0.39 is 43.1 Å². The van der Waals surface area contributed by atoms with E-state index in [1.54, 1.807) is 24.3 Å². The van der Waals surface area contributed by atoms with Crippen LogP contribution in [0.15, 0.2) is 36.4 Å². The molecule has 0 saturated carbocycles. The van der Waals surface area contributed by atoms with Crippen molar-refractivity contribution in [3.8, 4) is 23.0 Å². The van der Waals surface area contributed by atoms with E-state index in [0.717, 1.165) is 17.7 Å². The highest BCUT2D eigenvalue weighted by Crippen LogP contribution is 2.36. The van der Waals surface area contributed by atoms with Crippen molar-refractivity contribution in [1.29, 1.82) is 10.0 Å². The fraction of sp³-hybridized carbons (Fsp3) is 0.381. The van der Waals surface area contributed by atoms with Gasteiger partial charge in [0.25, 0.3) is 4.29 Å². The number of carbonyl (C=O) groups excluding carboxylic acids is 1. The van der Waals surface area contributed by atoms with Crippen molar-refractivity contribution in [2.45, 2.75) is 43.5 Å². The van der Waals surface area contributed by atoms with Gasteiger partial charge in [0.15, 0.2) is 5.78 Å². The number of aliphatic hydroxyl groups is 4. The predicted molar refractivity (Wildman–Crippen MR) is 105 cm³/mol. The van der Waals surface area contributed by atoms with E-state index in [2.05, 4.69) is 35.8 Å². The van der Waals surface area contributed by atoms with Gasteiger partial charge in [-0.15, -0.1) is 0 Å². The monoisotopic (exact) mass is 443 g/mol. The number of ether oxygens (including phenoxy) is 2. The quantitative estimate of drug-likeness (QED) is 0.193. The summed E-state index contributed by atoms with van der Waals surface area (Å²) >= 11 is 0. The molecular weight excluding hydrogens is 412 g/mol. The van der Waals surface area contributed by atoms with Crippen LogP contribution in [0, 0.1) is 0 Å². The van der Waals surface area contributed by atoms with E-state index >= 15 is 0 Å². The molecule has 0 amide bonds. The molecule has 5 atom stereocenters. The smallest absolute Gasteiger partial charge is 0.293 e. The number of phenols is 3. The van der Waals surface area contributed by atoms with E-state index in [1.165, 1.54) is 0 Å². The number of phenolic OH excluding ortho intramolecular Hbond substituents is 3. The van der Waals surface area contributed by atoms with Crippen molar-refractivity contribution in [2.24, 2.45) is 0 Å². The van der Waals surface area contributed by atoms with E-state index in [9.17, 15) is 4.79 Å². The summed E-state index contributed by atoms with van der Waals surface area (Å²) in [5.41, 5.74) is 0.559. The molecule has 0 aromatic heterocycles. The lowest BCUT2D eigenvalue weighted by molar-refractivity contribution is -0.277. The number of benzene rings is 2. The molecular formula is C21H24O10. The molecule has 1 saturated heterocycles. The Bertz CT molecular complexity index is 1050. The maximum absolute atomic E-state index is 13.3. The zero-order valence-corrected chi connectivity index (χ0v) is 16.1. The second-order valence-electron chi connectivity index (χ2n) is 7.08. The Morgan fingerprint density at radius 3 is 2.48 bits per heavy atom. The Kier molecular flexibility index (Phi) is 4.60. The largest absolute Gasteiger partial charge is 0.508 e.